The van der Waals surface area contributed by atoms with E-state index in [4.69, 9.17) is 5.73 Å². The van der Waals surface area contributed by atoms with Gasteiger partial charge in [-0.05, 0) is 47.7 Å². The van der Waals surface area contributed by atoms with E-state index in [0.717, 1.165) is 26.5 Å². The number of nitrogens with two attached hydrogens (primary N) is 1. The fourth-order valence-electron chi connectivity index (χ4n) is 1.64. The summed E-state index contributed by atoms with van der Waals surface area (Å²) in [6, 6.07) is 5.97. The monoisotopic (exact) mass is 359 g/mol. The van der Waals surface area contributed by atoms with Crippen LogP contribution >= 0.6 is 33.9 Å². The van der Waals surface area contributed by atoms with Gasteiger partial charge in [0.1, 0.15) is 0 Å². The molecule has 0 unspecified atom stereocenters. The van der Waals surface area contributed by atoms with Crippen LogP contribution in [0.3, 0.4) is 0 Å². The van der Waals surface area contributed by atoms with E-state index >= 15 is 0 Å². The van der Waals surface area contributed by atoms with Crippen LogP contribution in [-0.4, -0.2) is 12.0 Å². The lowest BCUT2D eigenvalue weighted by molar-refractivity contribution is 0.888. The molecule has 1 aromatic heterocycles. The minimum absolute atomic E-state index is 0.802. The molecule has 5 heteroatoms. The Morgan fingerprint density at radius 3 is 2.82 bits per heavy atom. The Bertz CT molecular complexity index is 524. The lowest BCUT2D eigenvalue weighted by atomic mass is 10.2. The molecule has 0 amide bonds. The second-order valence-corrected chi connectivity index (χ2v) is 6.15. The number of aryl methyl sites for hydroxylation is 1. The molecule has 0 radical (unpaired) electrons. The zero-order valence-corrected chi connectivity index (χ0v) is 12.7. The van der Waals surface area contributed by atoms with Crippen LogP contribution in [-0.2, 0) is 6.54 Å². The van der Waals surface area contributed by atoms with Gasteiger partial charge in [-0.3, -0.25) is 0 Å². The van der Waals surface area contributed by atoms with Crippen LogP contribution in [0.25, 0.3) is 0 Å². The Morgan fingerprint density at radius 1 is 1.47 bits per heavy atom. The number of nitrogens with zero attached hydrogens (tertiary/aromatic N) is 2. The second kappa shape index (κ2) is 5.22. The van der Waals surface area contributed by atoms with Gasteiger partial charge < -0.3 is 10.6 Å². The number of rotatable bonds is 3. The molecule has 2 rings (SSSR count). The van der Waals surface area contributed by atoms with Crippen LogP contribution in [0, 0.1) is 10.5 Å². The number of aromatic nitrogens is 1. The molecule has 0 saturated carbocycles. The summed E-state index contributed by atoms with van der Waals surface area (Å²) in [5, 5.41) is 3.22. The average molecular weight is 359 g/mol. The van der Waals surface area contributed by atoms with Crippen LogP contribution in [0.15, 0.2) is 23.6 Å². The van der Waals surface area contributed by atoms with Crippen LogP contribution in [0.1, 0.15) is 10.7 Å². The molecule has 0 fully saturated rings. The molecule has 90 valence electrons. The first-order chi connectivity index (χ1) is 8.06. The van der Waals surface area contributed by atoms with Gasteiger partial charge in [0.2, 0.25) is 0 Å². The number of anilines is 2. The molecule has 0 bridgehead atoms. The fraction of sp³-hybridized carbons (Fsp3) is 0.250. The maximum absolute atomic E-state index is 5.75. The predicted molar refractivity (Wildman–Crippen MR) is 82.5 cm³/mol. The third-order valence-electron chi connectivity index (χ3n) is 2.45. The van der Waals surface area contributed by atoms with E-state index in [1.165, 1.54) is 5.69 Å². The van der Waals surface area contributed by atoms with E-state index in [1.807, 2.05) is 19.1 Å². The molecule has 1 heterocycles. The Morgan fingerprint density at radius 2 is 2.24 bits per heavy atom. The van der Waals surface area contributed by atoms with Crippen molar-refractivity contribution in [2.24, 2.45) is 0 Å². The van der Waals surface area contributed by atoms with Gasteiger partial charge in [-0.1, -0.05) is 0 Å². The van der Waals surface area contributed by atoms with Crippen molar-refractivity contribution in [3.63, 3.8) is 0 Å². The number of benzene rings is 1. The number of thiazole rings is 1. The summed E-state index contributed by atoms with van der Waals surface area (Å²) in [5.41, 5.74) is 8.85. The first kappa shape index (κ1) is 12.6. The zero-order valence-electron chi connectivity index (χ0n) is 9.77. The number of halogens is 1. The predicted octanol–water partition coefficient (Wildman–Crippen LogP) is 3.27. The van der Waals surface area contributed by atoms with Crippen molar-refractivity contribution in [2.75, 3.05) is 17.7 Å². The molecule has 0 saturated heterocycles. The van der Waals surface area contributed by atoms with Crippen LogP contribution < -0.4 is 10.6 Å². The van der Waals surface area contributed by atoms with Crippen LogP contribution in [0.2, 0.25) is 0 Å². The van der Waals surface area contributed by atoms with Gasteiger partial charge in [-0.15, -0.1) is 11.3 Å². The van der Waals surface area contributed by atoms with E-state index in [9.17, 15) is 0 Å². The minimum atomic E-state index is 0.802. The maximum Gasteiger partial charge on any atom is 0.0898 e. The maximum atomic E-state index is 5.75. The van der Waals surface area contributed by atoms with Gasteiger partial charge >= 0.3 is 0 Å². The highest BCUT2D eigenvalue weighted by molar-refractivity contribution is 14.1. The number of nitrogen functional groups attached to an aromatic ring is 1. The molecule has 0 aliphatic rings. The molecule has 0 aliphatic carbocycles. The van der Waals surface area contributed by atoms with Gasteiger partial charge in [0.05, 0.1) is 22.9 Å². The molecule has 17 heavy (non-hydrogen) atoms. The molecule has 1 aromatic carbocycles. The van der Waals surface area contributed by atoms with E-state index in [2.05, 4.69) is 51.0 Å². The number of hydrogen-bond acceptors (Lipinski definition) is 4. The number of hydrogen-bond donors (Lipinski definition) is 1. The van der Waals surface area contributed by atoms with E-state index in [-0.39, 0.29) is 0 Å². The Hall–Kier alpha value is -0.820. The van der Waals surface area contributed by atoms with Gasteiger partial charge in [0, 0.05) is 21.7 Å². The van der Waals surface area contributed by atoms with Gasteiger partial charge in [0.15, 0.2) is 0 Å². The first-order valence-corrected chi connectivity index (χ1v) is 7.19. The smallest absolute Gasteiger partial charge is 0.0898 e. The van der Waals surface area contributed by atoms with Gasteiger partial charge in [-0.25, -0.2) is 4.98 Å². The first-order valence-electron chi connectivity index (χ1n) is 5.23. The molecule has 2 aromatic rings. The summed E-state index contributed by atoms with van der Waals surface area (Å²) < 4.78 is 1.16. The summed E-state index contributed by atoms with van der Waals surface area (Å²) >= 11 is 4.00. The lowest BCUT2D eigenvalue weighted by Gasteiger charge is -2.19. The largest absolute Gasteiger partial charge is 0.399 e. The summed E-state index contributed by atoms with van der Waals surface area (Å²) in [7, 11) is 2.07. The van der Waals surface area contributed by atoms with Crippen molar-refractivity contribution in [2.45, 2.75) is 13.5 Å². The summed E-state index contributed by atoms with van der Waals surface area (Å²) in [5.74, 6) is 0. The summed E-state index contributed by atoms with van der Waals surface area (Å²) in [4.78, 5) is 6.66. The molecule has 2 N–H and O–H groups in total. The van der Waals surface area contributed by atoms with Crippen LogP contribution in [0.4, 0.5) is 11.4 Å². The standard InChI is InChI=1S/C12H14IN3S/c1-8-15-10(7-17-8)6-16(2)12-4-3-9(14)5-11(12)13/h3-5,7H,6,14H2,1-2H3. The van der Waals surface area contributed by atoms with E-state index in [0.29, 0.717) is 0 Å². The normalized spacial score (nSPS) is 10.5. The minimum Gasteiger partial charge on any atom is -0.399 e. The van der Waals surface area contributed by atoms with Crippen molar-refractivity contribution in [3.8, 4) is 0 Å². The van der Waals surface area contributed by atoms with E-state index in [1.54, 1.807) is 11.3 Å². The molecule has 0 aliphatic heterocycles. The van der Waals surface area contributed by atoms with Crippen molar-refractivity contribution in [1.82, 2.24) is 4.98 Å². The fourth-order valence-corrected chi connectivity index (χ4v) is 3.20. The topological polar surface area (TPSA) is 42.2 Å². The molecule has 3 nitrogen and oxygen atoms in total. The lowest BCUT2D eigenvalue weighted by Crippen LogP contribution is -2.17. The SMILES string of the molecule is Cc1nc(CN(C)c2ccc(N)cc2I)cs1. The molecular weight excluding hydrogens is 345 g/mol. The highest BCUT2D eigenvalue weighted by Gasteiger charge is 2.08. The molecular formula is C12H14IN3S. The Kier molecular flexibility index (Phi) is 3.88. The van der Waals surface area contributed by atoms with Crippen molar-refractivity contribution < 1.29 is 0 Å². The summed E-state index contributed by atoms with van der Waals surface area (Å²) in [6.45, 7) is 2.85. The van der Waals surface area contributed by atoms with Crippen molar-refractivity contribution >= 4 is 45.3 Å². The zero-order chi connectivity index (χ0) is 12.4. The molecule has 0 spiro atoms. The third kappa shape index (κ3) is 3.10. The summed E-state index contributed by atoms with van der Waals surface area (Å²) in [6.07, 6.45) is 0. The Balaban J connectivity index is 2.17. The highest BCUT2D eigenvalue weighted by Crippen LogP contribution is 2.25. The van der Waals surface area contributed by atoms with Gasteiger partial charge in [0.25, 0.3) is 0 Å². The third-order valence-corrected chi connectivity index (χ3v) is 4.14. The van der Waals surface area contributed by atoms with Crippen molar-refractivity contribution in [3.05, 3.63) is 37.9 Å². The highest BCUT2D eigenvalue weighted by atomic mass is 127. The Labute approximate surface area is 119 Å². The quantitative estimate of drug-likeness (QED) is 0.676. The van der Waals surface area contributed by atoms with E-state index < -0.39 is 0 Å². The second-order valence-electron chi connectivity index (χ2n) is 3.92. The molecule has 0 atom stereocenters. The van der Waals surface area contributed by atoms with Crippen molar-refractivity contribution in [1.29, 1.82) is 0 Å². The average Bonchev–Trinajstić information content (AvgIpc) is 2.63. The van der Waals surface area contributed by atoms with Crippen LogP contribution in [0.5, 0.6) is 0 Å². The van der Waals surface area contributed by atoms with Gasteiger partial charge in [-0.2, -0.15) is 0 Å².